The lowest BCUT2D eigenvalue weighted by molar-refractivity contribution is -0.0229. The highest BCUT2D eigenvalue weighted by Gasteiger charge is 1.94. The zero-order valence-electron chi connectivity index (χ0n) is 17.6. The first-order chi connectivity index (χ1) is 13.9. The van der Waals surface area contributed by atoms with Crippen LogP contribution in [0.4, 0.5) is 0 Å². The van der Waals surface area contributed by atoms with Gasteiger partial charge in [0, 0.05) is 13.2 Å². The summed E-state index contributed by atoms with van der Waals surface area (Å²) in [6.45, 7) is 11.8. The van der Waals surface area contributed by atoms with Gasteiger partial charge in [-0.2, -0.15) is 0 Å². The van der Waals surface area contributed by atoms with E-state index in [-0.39, 0.29) is 0 Å². The highest BCUT2D eigenvalue weighted by molar-refractivity contribution is 4.38. The molecule has 0 bridgehead atoms. The molecule has 0 aromatic carbocycles. The number of rotatable bonds is 25. The fourth-order valence-electron chi connectivity index (χ4n) is 1.87. The van der Waals surface area contributed by atoms with Crippen LogP contribution in [0.25, 0.3) is 0 Å². The molecule has 0 rings (SSSR count). The van der Waals surface area contributed by atoms with Crippen LogP contribution >= 0.6 is 0 Å². The Morgan fingerprint density at radius 3 is 0.786 bits per heavy atom. The Labute approximate surface area is 170 Å². The van der Waals surface area contributed by atoms with E-state index in [0.717, 1.165) is 13.0 Å². The minimum absolute atomic E-state index is 0.535. The van der Waals surface area contributed by atoms with Crippen LogP contribution in [0.2, 0.25) is 0 Å². The van der Waals surface area contributed by atoms with Gasteiger partial charge < -0.3 is 43.6 Å². The van der Waals surface area contributed by atoms with Gasteiger partial charge in [-0.25, -0.2) is 0 Å². The number of hydrogen-bond donors (Lipinski definition) is 1. The molecule has 0 aliphatic heterocycles. The molecular weight excluding hydrogens is 370 g/mol. The molecule has 9 heteroatoms. The smallest absolute Gasteiger partial charge is 0.0701 e. The molecule has 0 spiro atoms. The van der Waals surface area contributed by atoms with E-state index < -0.39 is 0 Å². The summed E-state index contributed by atoms with van der Waals surface area (Å²) in [7, 11) is 0. The van der Waals surface area contributed by atoms with Gasteiger partial charge in [0.2, 0.25) is 0 Å². The monoisotopic (exact) mass is 411 g/mol. The largest absolute Gasteiger partial charge is 0.379 e. The molecule has 0 heterocycles. The van der Waals surface area contributed by atoms with Crippen LogP contribution in [-0.2, 0) is 37.9 Å². The van der Waals surface area contributed by atoms with Crippen LogP contribution in [0.1, 0.15) is 13.3 Å². The molecule has 0 amide bonds. The van der Waals surface area contributed by atoms with E-state index in [9.17, 15) is 0 Å². The third kappa shape index (κ3) is 25.6. The minimum atomic E-state index is 0.535. The molecule has 9 nitrogen and oxygen atoms in total. The quantitative estimate of drug-likeness (QED) is 0.215. The first kappa shape index (κ1) is 27.6. The molecule has 0 saturated carbocycles. The first-order valence-corrected chi connectivity index (χ1v) is 10.2. The Hall–Kier alpha value is -0.360. The summed E-state index contributed by atoms with van der Waals surface area (Å²) in [6, 6.07) is 0. The van der Waals surface area contributed by atoms with Crippen LogP contribution < -0.4 is 5.73 Å². The third-order valence-electron chi connectivity index (χ3n) is 3.21. The topological polar surface area (TPSA) is 99.9 Å². The standard InChI is InChI=1S/C19H41NO8/c1-2-4-21-6-8-23-10-12-25-14-16-27-18-19-28-17-15-26-13-11-24-9-7-22-5-3-20/h2-20H2,1H3. The van der Waals surface area contributed by atoms with E-state index in [4.69, 9.17) is 43.6 Å². The molecule has 0 unspecified atom stereocenters. The maximum absolute atomic E-state index is 5.41. The predicted molar refractivity (Wildman–Crippen MR) is 106 cm³/mol. The lowest BCUT2D eigenvalue weighted by Crippen LogP contribution is -2.15. The average Bonchev–Trinajstić information content (AvgIpc) is 2.71. The molecule has 0 aliphatic carbocycles. The summed E-state index contributed by atoms with van der Waals surface area (Å²) in [4.78, 5) is 0. The van der Waals surface area contributed by atoms with E-state index in [1.807, 2.05) is 0 Å². The van der Waals surface area contributed by atoms with Crippen molar-refractivity contribution >= 4 is 0 Å². The molecule has 0 radical (unpaired) electrons. The molecule has 0 atom stereocenters. The molecule has 2 N–H and O–H groups in total. The summed E-state index contributed by atoms with van der Waals surface area (Å²) in [5.41, 5.74) is 5.31. The van der Waals surface area contributed by atoms with Crippen LogP contribution in [0.3, 0.4) is 0 Å². The Bertz CT molecular complexity index is 248. The fraction of sp³-hybridized carbons (Fsp3) is 1.00. The second-order valence-corrected chi connectivity index (χ2v) is 5.69. The van der Waals surface area contributed by atoms with Crippen LogP contribution in [-0.4, -0.2) is 112 Å². The van der Waals surface area contributed by atoms with E-state index in [2.05, 4.69) is 6.92 Å². The number of ether oxygens (including phenoxy) is 8. The summed E-state index contributed by atoms with van der Waals surface area (Å²) < 4.78 is 42.8. The highest BCUT2D eigenvalue weighted by atomic mass is 16.6. The molecule has 170 valence electrons. The van der Waals surface area contributed by atoms with Gasteiger partial charge in [0.25, 0.3) is 0 Å². The van der Waals surface area contributed by atoms with E-state index in [1.54, 1.807) is 0 Å². The zero-order valence-corrected chi connectivity index (χ0v) is 17.6. The lowest BCUT2D eigenvalue weighted by atomic mass is 10.5. The van der Waals surface area contributed by atoms with Crippen LogP contribution in [0.15, 0.2) is 0 Å². The second kappa shape index (κ2) is 26.6. The maximum atomic E-state index is 5.41. The van der Waals surface area contributed by atoms with E-state index in [1.165, 1.54) is 0 Å². The van der Waals surface area contributed by atoms with Crippen molar-refractivity contribution in [2.45, 2.75) is 13.3 Å². The van der Waals surface area contributed by atoms with Crippen molar-refractivity contribution in [2.75, 3.05) is 112 Å². The summed E-state index contributed by atoms with van der Waals surface area (Å²) in [5, 5.41) is 0. The molecule has 0 aromatic rings. The van der Waals surface area contributed by atoms with Crippen LogP contribution in [0.5, 0.6) is 0 Å². The fourth-order valence-corrected chi connectivity index (χ4v) is 1.87. The summed E-state index contributed by atoms with van der Waals surface area (Å²) >= 11 is 0. The SMILES string of the molecule is CCCOCCOCCOCCOCCOCCOCCOCCOCCN. The molecule has 28 heavy (non-hydrogen) atoms. The van der Waals surface area contributed by atoms with Gasteiger partial charge in [-0.3, -0.25) is 0 Å². The van der Waals surface area contributed by atoms with Gasteiger partial charge >= 0.3 is 0 Å². The summed E-state index contributed by atoms with van der Waals surface area (Å²) in [6.07, 6.45) is 1.03. The van der Waals surface area contributed by atoms with Gasteiger partial charge in [-0.1, -0.05) is 6.92 Å². The average molecular weight is 412 g/mol. The number of hydrogen-bond acceptors (Lipinski definition) is 9. The van der Waals surface area contributed by atoms with Crippen molar-refractivity contribution in [3.05, 3.63) is 0 Å². The number of nitrogens with two attached hydrogens (primary N) is 1. The molecule has 0 aliphatic rings. The Morgan fingerprint density at radius 1 is 0.357 bits per heavy atom. The van der Waals surface area contributed by atoms with Crippen molar-refractivity contribution in [2.24, 2.45) is 5.73 Å². The summed E-state index contributed by atoms with van der Waals surface area (Å²) in [5.74, 6) is 0. The lowest BCUT2D eigenvalue weighted by Gasteiger charge is -2.08. The minimum Gasteiger partial charge on any atom is -0.379 e. The van der Waals surface area contributed by atoms with Crippen molar-refractivity contribution < 1.29 is 37.9 Å². The molecular formula is C19H41NO8. The van der Waals surface area contributed by atoms with Crippen molar-refractivity contribution in [1.82, 2.24) is 0 Å². The zero-order chi connectivity index (χ0) is 20.4. The normalized spacial score (nSPS) is 11.4. The van der Waals surface area contributed by atoms with Gasteiger partial charge in [-0.15, -0.1) is 0 Å². The van der Waals surface area contributed by atoms with Crippen molar-refractivity contribution in [3.8, 4) is 0 Å². The molecule has 0 fully saturated rings. The first-order valence-electron chi connectivity index (χ1n) is 10.2. The van der Waals surface area contributed by atoms with E-state index in [0.29, 0.717) is 106 Å². The maximum Gasteiger partial charge on any atom is 0.0701 e. The Kier molecular flexibility index (Phi) is 26.3. The Balaban J connectivity index is 2.96. The van der Waals surface area contributed by atoms with Gasteiger partial charge in [0.1, 0.15) is 0 Å². The second-order valence-electron chi connectivity index (χ2n) is 5.69. The van der Waals surface area contributed by atoms with Gasteiger partial charge in [0.15, 0.2) is 0 Å². The van der Waals surface area contributed by atoms with E-state index >= 15 is 0 Å². The van der Waals surface area contributed by atoms with Crippen LogP contribution in [0, 0.1) is 0 Å². The Morgan fingerprint density at radius 2 is 0.571 bits per heavy atom. The highest BCUT2D eigenvalue weighted by Crippen LogP contribution is 1.86. The van der Waals surface area contributed by atoms with Gasteiger partial charge in [0.05, 0.1) is 99.1 Å². The molecule has 0 aromatic heterocycles. The van der Waals surface area contributed by atoms with Gasteiger partial charge in [-0.05, 0) is 6.42 Å². The predicted octanol–water partition coefficient (Wildman–Crippen LogP) is 0.488. The molecule has 0 saturated heterocycles. The van der Waals surface area contributed by atoms with Crippen molar-refractivity contribution in [1.29, 1.82) is 0 Å². The third-order valence-corrected chi connectivity index (χ3v) is 3.21. The van der Waals surface area contributed by atoms with Crippen molar-refractivity contribution in [3.63, 3.8) is 0 Å².